The lowest BCUT2D eigenvalue weighted by Gasteiger charge is -2.33. The molecule has 2 amide bonds. The normalized spacial score (nSPS) is 18.5. The third-order valence-electron chi connectivity index (χ3n) is 3.25. The molecule has 0 saturated carbocycles. The van der Waals surface area contributed by atoms with Crippen LogP contribution in [0, 0.1) is 0 Å². The molecule has 1 aromatic rings. The molecule has 104 valence electrons. The Bertz CT molecular complexity index is 461. The van der Waals surface area contributed by atoms with Crippen LogP contribution in [0.4, 0.5) is 5.69 Å². The lowest BCUT2D eigenvalue weighted by Crippen LogP contribution is -2.50. The van der Waals surface area contributed by atoms with Crippen LogP contribution < -0.4 is 11.5 Å². The summed E-state index contributed by atoms with van der Waals surface area (Å²) in [6, 6.07) is 6.21. The standard InChI is InChI=1S/C13H17N3O2.ClH/c14-10-6-4-9(5-7-10)13(18)16-8-2-1-3-11(16)12(15)17;/h4-7,11H,1-3,8,14H2,(H2,15,17);1H. The van der Waals surface area contributed by atoms with Crippen molar-refractivity contribution in [1.82, 2.24) is 4.90 Å². The highest BCUT2D eigenvalue weighted by Gasteiger charge is 2.30. The number of nitrogens with zero attached hydrogens (tertiary/aromatic N) is 1. The Balaban J connectivity index is 0.00000180. The number of benzene rings is 1. The van der Waals surface area contributed by atoms with Crippen molar-refractivity contribution in [2.24, 2.45) is 5.73 Å². The second kappa shape index (κ2) is 6.43. The lowest BCUT2D eigenvalue weighted by molar-refractivity contribution is -0.123. The highest BCUT2D eigenvalue weighted by atomic mass is 35.5. The quantitative estimate of drug-likeness (QED) is 0.799. The maximum absolute atomic E-state index is 12.3. The Kier molecular flexibility index (Phi) is 5.18. The van der Waals surface area contributed by atoms with E-state index < -0.39 is 11.9 Å². The number of piperidine rings is 1. The van der Waals surface area contributed by atoms with Gasteiger partial charge in [-0.1, -0.05) is 0 Å². The minimum absolute atomic E-state index is 0. The zero-order valence-corrected chi connectivity index (χ0v) is 11.4. The Hall–Kier alpha value is -1.75. The van der Waals surface area contributed by atoms with Crippen molar-refractivity contribution in [3.8, 4) is 0 Å². The van der Waals surface area contributed by atoms with E-state index >= 15 is 0 Å². The Morgan fingerprint density at radius 1 is 1.16 bits per heavy atom. The number of amides is 2. The fourth-order valence-corrected chi connectivity index (χ4v) is 2.26. The second-order valence-electron chi connectivity index (χ2n) is 4.53. The first-order valence-electron chi connectivity index (χ1n) is 6.05. The first kappa shape index (κ1) is 15.3. The maximum atomic E-state index is 12.3. The van der Waals surface area contributed by atoms with Crippen molar-refractivity contribution in [3.05, 3.63) is 29.8 Å². The van der Waals surface area contributed by atoms with E-state index in [2.05, 4.69) is 0 Å². The van der Waals surface area contributed by atoms with Crippen molar-refractivity contribution in [3.63, 3.8) is 0 Å². The summed E-state index contributed by atoms with van der Waals surface area (Å²) in [7, 11) is 0. The van der Waals surface area contributed by atoms with Gasteiger partial charge in [-0.2, -0.15) is 0 Å². The zero-order valence-electron chi connectivity index (χ0n) is 10.5. The van der Waals surface area contributed by atoms with Crippen LogP contribution in [-0.4, -0.2) is 29.3 Å². The first-order valence-corrected chi connectivity index (χ1v) is 6.05. The van der Waals surface area contributed by atoms with Gasteiger partial charge in [-0.25, -0.2) is 0 Å². The first-order chi connectivity index (χ1) is 8.59. The number of carbonyl (C=O) groups is 2. The van der Waals surface area contributed by atoms with Gasteiger partial charge in [-0.05, 0) is 43.5 Å². The minimum Gasteiger partial charge on any atom is -0.399 e. The fraction of sp³-hybridized carbons (Fsp3) is 0.385. The minimum atomic E-state index is -0.483. The summed E-state index contributed by atoms with van der Waals surface area (Å²) >= 11 is 0. The average Bonchev–Trinajstić information content (AvgIpc) is 2.39. The number of anilines is 1. The van der Waals surface area contributed by atoms with Crippen molar-refractivity contribution in [1.29, 1.82) is 0 Å². The van der Waals surface area contributed by atoms with Gasteiger partial charge in [0, 0.05) is 17.8 Å². The van der Waals surface area contributed by atoms with Gasteiger partial charge < -0.3 is 16.4 Å². The van der Waals surface area contributed by atoms with Crippen molar-refractivity contribution in [2.75, 3.05) is 12.3 Å². The molecule has 1 heterocycles. The summed E-state index contributed by atoms with van der Waals surface area (Å²) in [5.41, 5.74) is 12.1. The molecule has 6 heteroatoms. The van der Waals surface area contributed by atoms with Crippen LogP contribution in [0.3, 0.4) is 0 Å². The van der Waals surface area contributed by atoms with Crippen molar-refractivity contribution in [2.45, 2.75) is 25.3 Å². The molecule has 1 fully saturated rings. The SMILES string of the molecule is Cl.NC(=O)C1CCCCN1C(=O)c1ccc(N)cc1. The van der Waals surface area contributed by atoms with E-state index in [1.54, 1.807) is 29.2 Å². The Morgan fingerprint density at radius 2 is 1.79 bits per heavy atom. The molecule has 1 aliphatic rings. The summed E-state index contributed by atoms with van der Waals surface area (Å²) in [6.07, 6.45) is 2.49. The molecule has 0 bridgehead atoms. The molecule has 4 N–H and O–H groups in total. The molecule has 0 spiro atoms. The molecule has 0 aromatic heterocycles. The highest BCUT2D eigenvalue weighted by molar-refractivity contribution is 5.97. The van der Waals surface area contributed by atoms with E-state index in [1.807, 2.05) is 0 Å². The van der Waals surface area contributed by atoms with Gasteiger partial charge in [0.25, 0.3) is 5.91 Å². The van der Waals surface area contributed by atoms with Crippen molar-refractivity contribution < 1.29 is 9.59 Å². The summed E-state index contributed by atoms with van der Waals surface area (Å²) in [5, 5.41) is 0. The van der Waals surface area contributed by atoms with E-state index in [0.717, 1.165) is 12.8 Å². The number of hydrogen-bond acceptors (Lipinski definition) is 3. The third-order valence-corrected chi connectivity index (χ3v) is 3.25. The van der Waals surface area contributed by atoms with Gasteiger partial charge in [-0.3, -0.25) is 9.59 Å². The molecule has 1 unspecified atom stereocenters. The van der Waals surface area contributed by atoms with Crippen LogP contribution in [0.5, 0.6) is 0 Å². The number of rotatable bonds is 2. The molecule has 1 aliphatic heterocycles. The number of halogens is 1. The van der Waals surface area contributed by atoms with Gasteiger partial charge in [0.15, 0.2) is 0 Å². The molecule has 0 radical (unpaired) electrons. The molecule has 1 saturated heterocycles. The van der Waals surface area contributed by atoms with Crippen LogP contribution in [-0.2, 0) is 4.79 Å². The Morgan fingerprint density at radius 3 is 2.37 bits per heavy atom. The van der Waals surface area contributed by atoms with E-state index in [4.69, 9.17) is 11.5 Å². The summed E-state index contributed by atoms with van der Waals surface area (Å²) < 4.78 is 0. The third kappa shape index (κ3) is 3.38. The van der Waals surface area contributed by atoms with E-state index in [-0.39, 0.29) is 18.3 Å². The number of hydrogen-bond donors (Lipinski definition) is 2. The smallest absolute Gasteiger partial charge is 0.254 e. The van der Waals surface area contributed by atoms with Gasteiger partial charge in [0.1, 0.15) is 6.04 Å². The topological polar surface area (TPSA) is 89.4 Å². The highest BCUT2D eigenvalue weighted by Crippen LogP contribution is 2.20. The van der Waals surface area contributed by atoms with Gasteiger partial charge in [0.2, 0.25) is 5.91 Å². The monoisotopic (exact) mass is 283 g/mol. The summed E-state index contributed by atoms with van der Waals surface area (Å²) in [5.74, 6) is -0.586. The molecule has 1 aromatic carbocycles. The maximum Gasteiger partial charge on any atom is 0.254 e. The lowest BCUT2D eigenvalue weighted by atomic mass is 10.0. The number of likely N-dealkylation sites (tertiary alicyclic amines) is 1. The van der Waals surface area contributed by atoms with E-state index in [9.17, 15) is 9.59 Å². The molecule has 1 atom stereocenters. The fourth-order valence-electron chi connectivity index (χ4n) is 2.26. The van der Waals surface area contributed by atoms with E-state index in [0.29, 0.717) is 24.2 Å². The summed E-state index contributed by atoms with van der Waals surface area (Å²) in [4.78, 5) is 25.2. The van der Waals surface area contributed by atoms with E-state index in [1.165, 1.54) is 0 Å². The predicted octanol–water partition coefficient (Wildman–Crippen LogP) is 1.17. The van der Waals surface area contributed by atoms with Crippen molar-refractivity contribution >= 4 is 29.9 Å². The molecule has 0 aliphatic carbocycles. The summed E-state index contributed by atoms with van der Waals surface area (Å²) in [6.45, 7) is 0.580. The predicted molar refractivity (Wildman–Crippen MR) is 76.0 cm³/mol. The molecular weight excluding hydrogens is 266 g/mol. The molecular formula is C13H18ClN3O2. The van der Waals surface area contributed by atoms with Crippen LogP contribution in [0.2, 0.25) is 0 Å². The molecule has 2 rings (SSSR count). The Labute approximate surface area is 118 Å². The molecule has 5 nitrogen and oxygen atoms in total. The number of nitrogen functional groups attached to an aromatic ring is 1. The van der Waals surface area contributed by atoms with Crippen LogP contribution in [0.1, 0.15) is 29.6 Å². The second-order valence-corrected chi connectivity index (χ2v) is 4.53. The number of primary amides is 1. The average molecular weight is 284 g/mol. The largest absolute Gasteiger partial charge is 0.399 e. The molecule has 19 heavy (non-hydrogen) atoms. The van der Waals surface area contributed by atoms with Crippen LogP contribution in [0.15, 0.2) is 24.3 Å². The van der Waals surface area contributed by atoms with Crippen LogP contribution in [0.25, 0.3) is 0 Å². The van der Waals surface area contributed by atoms with Gasteiger partial charge in [0.05, 0.1) is 0 Å². The van der Waals surface area contributed by atoms with Gasteiger partial charge >= 0.3 is 0 Å². The zero-order chi connectivity index (χ0) is 13.1. The number of carbonyl (C=O) groups excluding carboxylic acids is 2. The number of nitrogens with two attached hydrogens (primary N) is 2. The van der Waals surface area contributed by atoms with Crippen LogP contribution >= 0.6 is 12.4 Å². The van der Waals surface area contributed by atoms with Gasteiger partial charge in [-0.15, -0.1) is 12.4 Å².